The zero-order chi connectivity index (χ0) is 10.2. The molecule has 1 rings (SSSR count). The van der Waals surface area contributed by atoms with Crippen LogP contribution in [0.2, 0.25) is 0 Å². The van der Waals surface area contributed by atoms with Gasteiger partial charge in [0.05, 0.1) is 5.56 Å². The minimum Gasteiger partial charge on any atom is -0.366 e. The maximum Gasteiger partial charge on any atom is 0.249 e. The van der Waals surface area contributed by atoms with Gasteiger partial charge in [-0.2, -0.15) is 0 Å². The molecule has 0 saturated heterocycles. The highest BCUT2D eigenvalue weighted by atomic mass is 32.1. The number of amides is 1. The Hall–Kier alpha value is -0.830. The summed E-state index contributed by atoms with van der Waals surface area (Å²) < 4.78 is 0. The fraction of sp³-hybridized carbons (Fsp3) is 0.500. The molecule has 0 radical (unpaired) electrons. The summed E-state index contributed by atoms with van der Waals surface area (Å²) in [4.78, 5) is 13.3. The van der Waals surface area contributed by atoms with Gasteiger partial charge in [-0.05, 0) is 18.4 Å². The first-order valence-electron chi connectivity index (χ1n) is 4.23. The molecule has 0 aromatic carbocycles. The lowest BCUT2D eigenvalue weighted by Gasteiger charge is -2.17. The lowest BCUT2D eigenvalue weighted by molar-refractivity contribution is 0.0999. The summed E-state index contributed by atoms with van der Waals surface area (Å²) in [5.74, 6) is -0.325. The first kappa shape index (κ1) is 10.3. The highest BCUT2D eigenvalue weighted by molar-refractivity contribution is 7.12. The van der Waals surface area contributed by atoms with Gasteiger partial charge in [-0.3, -0.25) is 4.79 Å². The second-order valence-electron chi connectivity index (χ2n) is 4.21. The van der Waals surface area contributed by atoms with Gasteiger partial charge >= 0.3 is 0 Å². The Morgan fingerprint density at radius 2 is 2.00 bits per heavy atom. The monoisotopic (exact) mass is 197 g/mol. The normalized spacial score (nSPS) is 11.7. The molecule has 1 heterocycles. The average molecular weight is 197 g/mol. The van der Waals surface area contributed by atoms with E-state index in [1.54, 1.807) is 11.3 Å². The molecule has 0 aliphatic rings. The Labute approximate surface area is 82.8 Å². The van der Waals surface area contributed by atoms with Gasteiger partial charge in [0, 0.05) is 9.75 Å². The molecule has 3 heteroatoms. The summed E-state index contributed by atoms with van der Waals surface area (Å²) in [6.45, 7) is 8.26. The van der Waals surface area contributed by atoms with Gasteiger partial charge < -0.3 is 5.73 Å². The molecule has 1 aromatic heterocycles. The lowest BCUT2D eigenvalue weighted by atomic mass is 9.91. The van der Waals surface area contributed by atoms with E-state index >= 15 is 0 Å². The maximum absolute atomic E-state index is 11.1. The molecular weight excluding hydrogens is 182 g/mol. The highest BCUT2D eigenvalue weighted by Gasteiger charge is 2.22. The van der Waals surface area contributed by atoms with Crippen molar-refractivity contribution in [3.05, 3.63) is 21.4 Å². The maximum atomic E-state index is 11.1. The third-order valence-corrected chi connectivity index (χ3v) is 3.28. The molecule has 13 heavy (non-hydrogen) atoms. The number of hydrogen-bond acceptors (Lipinski definition) is 2. The second kappa shape index (κ2) is 3.14. The molecule has 0 bridgehead atoms. The molecule has 0 spiro atoms. The van der Waals surface area contributed by atoms with E-state index in [9.17, 15) is 4.79 Å². The van der Waals surface area contributed by atoms with Gasteiger partial charge in [0.15, 0.2) is 0 Å². The Balaban J connectivity index is 3.28. The summed E-state index contributed by atoms with van der Waals surface area (Å²) >= 11 is 1.65. The Morgan fingerprint density at radius 1 is 1.46 bits per heavy atom. The summed E-state index contributed by atoms with van der Waals surface area (Å²) in [6, 6.07) is 1.87. The fourth-order valence-corrected chi connectivity index (χ4v) is 2.33. The fourth-order valence-electron chi connectivity index (χ4n) is 1.25. The van der Waals surface area contributed by atoms with Crippen molar-refractivity contribution in [3.8, 4) is 0 Å². The number of rotatable bonds is 1. The van der Waals surface area contributed by atoms with Gasteiger partial charge in [0.25, 0.3) is 0 Å². The van der Waals surface area contributed by atoms with Crippen LogP contribution in [0.1, 0.15) is 40.9 Å². The minimum absolute atomic E-state index is 0.00326. The summed E-state index contributed by atoms with van der Waals surface area (Å²) in [5, 5.41) is 0. The first-order chi connectivity index (χ1) is 5.82. The van der Waals surface area contributed by atoms with Crippen LogP contribution in [0.25, 0.3) is 0 Å². The molecule has 0 aliphatic heterocycles. The molecule has 2 nitrogen and oxygen atoms in total. The Morgan fingerprint density at radius 3 is 2.31 bits per heavy atom. The van der Waals surface area contributed by atoms with E-state index < -0.39 is 0 Å². The topological polar surface area (TPSA) is 43.1 Å². The number of thiophene rings is 1. The smallest absolute Gasteiger partial charge is 0.249 e. The lowest BCUT2D eigenvalue weighted by Crippen LogP contribution is -2.18. The number of nitrogens with two attached hydrogens (primary N) is 1. The van der Waals surface area contributed by atoms with E-state index in [0.29, 0.717) is 5.56 Å². The van der Waals surface area contributed by atoms with Gasteiger partial charge in [-0.15, -0.1) is 11.3 Å². The Bertz CT molecular complexity index is 333. The van der Waals surface area contributed by atoms with Gasteiger partial charge in [0.2, 0.25) is 5.91 Å². The van der Waals surface area contributed by atoms with E-state index in [1.807, 2.05) is 13.0 Å². The molecule has 0 saturated carbocycles. The summed E-state index contributed by atoms with van der Waals surface area (Å²) in [5.41, 5.74) is 5.97. The minimum atomic E-state index is -0.325. The van der Waals surface area contributed by atoms with Gasteiger partial charge in [-0.25, -0.2) is 0 Å². The van der Waals surface area contributed by atoms with Crippen molar-refractivity contribution in [1.82, 2.24) is 0 Å². The molecule has 0 fully saturated rings. The number of hydrogen-bond donors (Lipinski definition) is 1. The summed E-state index contributed by atoms with van der Waals surface area (Å²) in [7, 11) is 0. The van der Waals surface area contributed by atoms with Crippen molar-refractivity contribution >= 4 is 17.2 Å². The molecular formula is C10H15NOS. The molecule has 2 N–H and O–H groups in total. The van der Waals surface area contributed by atoms with Crippen LogP contribution in [0.5, 0.6) is 0 Å². The van der Waals surface area contributed by atoms with Crippen LogP contribution >= 0.6 is 11.3 Å². The first-order valence-corrected chi connectivity index (χ1v) is 5.04. The zero-order valence-corrected chi connectivity index (χ0v) is 9.29. The van der Waals surface area contributed by atoms with E-state index in [-0.39, 0.29) is 11.3 Å². The van der Waals surface area contributed by atoms with Crippen molar-refractivity contribution in [3.63, 3.8) is 0 Å². The summed E-state index contributed by atoms with van der Waals surface area (Å²) in [6.07, 6.45) is 0. The number of carbonyl (C=O) groups excluding carboxylic acids is 1. The van der Waals surface area contributed by atoms with E-state index in [0.717, 1.165) is 9.75 Å². The van der Waals surface area contributed by atoms with E-state index in [1.165, 1.54) is 0 Å². The average Bonchev–Trinajstić information content (AvgIpc) is 2.29. The standard InChI is InChI=1S/C10H15NOS/c1-6-5-7(9(11)12)8(13-6)10(2,3)4/h5H,1-4H3,(H2,11,12). The third kappa shape index (κ3) is 2.10. The van der Waals surface area contributed by atoms with E-state index in [2.05, 4.69) is 20.8 Å². The van der Waals surface area contributed by atoms with Crippen LogP contribution < -0.4 is 5.73 Å². The van der Waals surface area contributed by atoms with Crippen LogP contribution in [0.4, 0.5) is 0 Å². The van der Waals surface area contributed by atoms with Crippen molar-refractivity contribution < 1.29 is 4.79 Å². The van der Waals surface area contributed by atoms with Crippen molar-refractivity contribution in [1.29, 1.82) is 0 Å². The molecule has 0 aliphatic carbocycles. The predicted octanol–water partition coefficient (Wildman–Crippen LogP) is 2.45. The predicted molar refractivity (Wildman–Crippen MR) is 56.3 cm³/mol. The van der Waals surface area contributed by atoms with Crippen molar-refractivity contribution in [2.24, 2.45) is 5.73 Å². The van der Waals surface area contributed by atoms with Crippen molar-refractivity contribution in [2.75, 3.05) is 0 Å². The van der Waals surface area contributed by atoms with Crippen LogP contribution in [0.15, 0.2) is 6.07 Å². The second-order valence-corrected chi connectivity index (χ2v) is 5.47. The molecule has 0 atom stereocenters. The highest BCUT2D eigenvalue weighted by Crippen LogP contribution is 2.32. The molecule has 1 aromatic rings. The van der Waals surface area contributed by atoms with Gasteiger partial charge in [0.1, 0.15) is 0 Å². The van der Waals surface area contributed by atoms with Gasteiger partial charge in [-0.1, -0.05) is 20.8 Å². The molecule has 72 valence electrons. The largest absolute Gasteiger partial charge is 0.366 e. The van der Waals surface area contributed by atoms with Crippen molar-refractivity contribution in [2.45, 2.75) is 33.1 Å². The number of carbonyl (C=O) groups is 1. The Kier molecular flexibility index (Phi) is 2.48. The zero-order valence-electron chi connectivity index (χ0n) is 8.47. The number of aryl methyl sites for hydroxylation is 1. The number of primary amides is 1. The third-order valence-electron chi connectivity index (χ3n) is 1.80. The van der Waals surface area contributed by atoms with Crippen LogP contribution in [-0.2, 0) is 5.41 Å². The van der Waals surface area contributed by atoms with Crippen LogP contribution in [-0.4, -0.2) is 5.91 Å². The van der Waals surface area contributed by atoms with Crippen LogP contribution in [0.3, 0.4) is 0 Å². The van der Waals surface area contributed by atoms with Crippen LogP contribution in [0, 0.1) is 6.92 Å². The molecule has 1 amide bonds. The molecule has 0 unspecified atom stereocenters. The SMILES string of the molecule is Cc1cc(C(N)=O)c(C(C)(C)C)s1. The van der Waals surface area contributed by atoms with E-state index in [4.69, 9.17) is 5.73 Å². The quantitative estimate of drug-likeness (QED) is 0.738.